The first-order chi connectivity index (χ1) is 15.2. The molecule has 0 bridgehead atoms. The second kappa shape index (κ2) is 12.0. The summed E-state index contributed by atoms with van der Waals surface area (Å²) in [6.45, 7) is 5.39. The highest BCUT2D eigenvalue weighted by molar-refractivity contribution is 5.96. The standard InChI is InChI=1S/C24H31N3O4/c1-2-30-15-16-31-22-8-6-7-21(17-22)25-18-23(28)26-20-11-9-19(10-12-20)24(29)27-13-4-3-5-14-27/h6-12,17,25H,2-5,13-16,18H2,1H3,(H,26,28). The normalized spacial score (nSPS) is 13.5. The Kier molecular flexibility index (Phi) is 8.72. The summed E-state index contributed by atoms with van der Waals surface area (Å²) in [5.74, 6) is 0.611. The maximum Gasteiger partial charge on any atom is 0.253 e. The molecule has 1 fully saturated rings. The zero-order valence-corrected chi connectivity index (χ0v) is 18.1. The predicted octanol–water partition coefficient (Wildman–Crippen LogP) is 3.78. The van der Waals surface area contributed by atoms with Crippen LogP contribution in [0.5, 0.6) is 5.75 Å². The van der Waals surface area contributed by atoms with E-state index in [4.69, 9.17) is 9.47 Å². The SMILES string of the molecule is CCOCCOc1cccc(NCC(=O)Nc2ccc(C(=O)N3CCCCC3)cc2)c1. The fraction of sp³-hybridized carbons (Fsp3) is 0.417. The first-order valence-corrected chi connectivity index (χ1v) is 10.9. The first-order valence-electron chi connectivity index (χ1n) is 10.9. The molecule has 1 aliphatic heterocycles. The third-order valence-electron chi connectivity index (χ3n) is 5.05. The Morgan fingerprint density at radius 2 is 1.74 bits per heavy atom. The Labute approximate surface area is 183 Å². The van der Waals surface area contributed by atoms with Gasteiger partial charge >= 0.3 is 0 Å². The molecule has 0 atom stereocenters. The quantitative estimate of drug-likeness (QED) is 0.567. The van der Waals surface area contributed by atoms with Gasteiger partial charge in [-0.05, 0) is 62.6 Å². The van der Waals surface area contributed by atoms with Gasteiger partial charge in [0.15, 0.2) is 0 Å². The molecule has 2 amide bonds. The molecule has 1 saturated heterocycles. The van der Waals surface area contributed by atoms with Crippen LogP contribution < -0.4 is 15.4 Å². The molecule has 7 heteroatoms. The highest BCUT2D eigenvalue weighted by atomic mass is 16.5. The van der Waals surface area contributed by atoms with E-state index in [-0.39, 0.29) is 18.4 Å². The molecule has 0 aromatic heterocycles. The molecule has 2 aromatic rings. The van der Waals surface area contributed by atoms with Crippen LogP contribution in [0.15, 0.2) is 48.5 Å². The molecule has 2 aromatic carbocycles. The number of piperidine rings is 1. The molecule has 0 aliphatic carbocycles. The number of rotatable bonds is 10. The number of nitrogens with zero attached hydrogens (tertiary/aromatic N) is 1. The zero-order chi connectivity index (χ0) is 21.9. The predicted molar refractivity (Wildman–Crippen MR) is 122 cm³/mol. The second-order valence-corrected chi connectivity index (χ2v) is 7.41. The summed E-state index contributed by atoms with van der Waals surface area (Å²) in [4.78, 5) is 26.7. The van der Waals surface area contributed by atoms with Gasteiger partial charge in [0.1, 0.15) is 12.4 Å². The summed E-state index contributed by atoms with van der Waals surface area (Å²) in [6.07, 6.45) is 3.32. The number of carbonyl (C=O) groups excluding carboxylic acids is 2. The summed E-state index contributed by atoms with van der Waals surface area (Å²) in [6, 6.07) is 14.5. The largest absolute Gasteiger partial charge is 0.491 e. The number of hydrogen-bond acceptors (Lipinski definition) is 5. The van der Waals surface area contributed by atoms with Gasteiger partial charge in [-0.15, -0.1) is 0 Å². The third-order valence-corrected chi connectivity index (χ3v) is 5.05. The van der Waals surface area contributed by atoms with Gasteiger partial charge in [-0.2, -0.15) is 0 Å². The second-order valence-electron chi connectivity index (χ2n) is 7.41. The lowest BCUT2D eigenvalue weighted by atomic mass is 10.1. The Morgan fingerprint density at radius 1 is 0.968 bits per heavy atom. The van der Waals surface area contributed by atoms with Crippen molar-refractivity contribution in [3.8, 4) is 5.75 Å². The zero-order valence-electron chi connectivity index (χ0n) is 18.1. The van der Waals surface area contributed by atoms with Crippen molar-refractivity contribution in [3.05, 3.63) is 54.1 Å². The number of anilines is 2. The van der Waals surface area contributed by atoms with Crippen molar-refractivity contribution in [3.63, 3.8) is 0 Å². The van der Waals surface area contributed by atoms with Crippen LogP contribution in [0.3, 0.4) is 0 Å². The van der Waals surface area contributed by atoms with Crippen molar-refractivity contribution in [1.29, 1.82) is 0 Å². The molecule has 1 aliphatic rings. The van der Waals surface area contributed by atoms with Gasteiger partial charge in [0.25, 0.3) is 5.91 Å². The van der Waals surface area contributed by atoms with Crippen molar-refractivity contribution in [2.45, 2.75) is 26.2 Å². The van der Waals surface area contributed by atoms with Crippen LogP contribution in [0.4, 0.5) is 11.4 Å². The first kappa shape index (κ1) is 22.6. The van der Waals surface area contributed by atoms with E-state index in [0.29, 0.717) is 31.1 Å². The highest BCUT2D eigenvalue weighted by Crippen LogP contribution is 2.18. The van der Waals surface area contributed by atoms with E-state index in [2.05, 4.69) is 10.6 Å². The summed E-state index contributed by atoms with van der Waals surface area (Å²) in [7, 11) is 0. The molecular formula is C24H31N3O4. The number of likely N-dealkylation sites (tertiary alicyclic amines) is 1. The van der Waals surface area contributed by atoms with Gasteiger partial charge < -0.3 is 25.0 Å². The molecule has 7 nitrogen and oxygen atoms in total. The molecule has 0 spiro atoms. The smallest absolute Gasteiger partial charge is 0.253 e. The summed E-state index contributed by atoms with van der Waals surface area (Å²) in [5.41, 5.74) is 2.11. The molecule has 31 heavy (non-hydrogen) atoms. The lowest BCUT2D eigenvalue weighted by molar-refractivity contribution is -0.114. The van der Waals surface area contributed by atoms with E-state index in [0.717, 1.165) is 37.4 Å². The van der Waals surface area contributed by atoms with Gasteiger partial charge in [0, 0.05) is 42.7 Å². The molecule has 1 heterocycles. The van der Waals surface area contributed by atoms with Gasteiger partial charge in [-0.1, -0.05) is 6.07 Å². The van der Waals surface area contributed by atoms with Gasteiger partial charge in [0.2, 0.25) is 5.91 Å². The van der Waals surface area contributed by atoms with E-state index in [1.807, 2.05) is 36.1 Å². The number of carbonyl (C=O) groups is 2. The van der Waals surface area contributed by atoms with E-state index >= 15 is 0 Å². The number of hydrogen-bond donors (Lipinski definition) is 2. The van der Waals surface area contributed by atoms with E-state index in [1.165, 1.54) is 6.42 Å². The summed E-state index contributed by atoms with van der Waals surface area (Å²) >= 11 is 0. The molecule has 0 radical (unpaired) electrons. The highest BCUT2D eigenvalue weighted by Gasteiger charge is 2.18. The van der Waals surface area contributed by atoms with Crippen LogP contribution in [0.25, 0.3) is 0 Å². The minimum atomic E-state index is -0.169. The average Bonchev–Trinajstić information content (AvgIpc) is 2.81. The Morgan fingerprint density at radius 3 is 2.48 bits per heavy atom. The number of amides is 2. The van der Waals surface area contributed by atoms with Crippen LogP contribution in [0.2, 0.25) is 0 Å². The maximum atomic E-state index is 12.5. The average molecular weight is 426 g/mol. The minimum absolute atomic E-state index is 0.0580. The van der Waals surface area contributed by atoms with Crippen LogP contribution in [0, 0.1) is 0 Å². The van der Waals surface area contributed by atoms with Gasteiger partial charge in [0.05, 0.1) is 13.2 Å². The van der Waals surface area contributed by atoms with Crippen molar-refractivity contribution in [2.75, 3.05) is 50.1 Å². The Balaban J connectivity index is 1.45. The lowest BCUT2D eigenvalue weighted by Crippen LogP contribution is -2.35. The topological polar surface area (TPSA) is 79.9 Å². The van der Waals surface area contributed by atoms with E-state index < -0.39 is 0 Å². The molecule has 3 rings (SSSR count). The monoisotopic (exact) mass is 425 g/mol. The molecular weight excluding hydrogens is 394 g/mol. The molecule has 0 saturated carbocycles. The molecule has 2 N–H and O–H groups in total. The van der Waals surface area contributed by atoms with Gasteiger partial charge in [-0.3, -0.25) is 9.59 Å². The number of benzene rings is 2. The summed E-state index contributed by atoms with van der Waals surface area (Å²) < 4.78 is 10.9. The third kappa shape index (κ3) is 7.29. The van der Waals surface area contributed by atoms with Crippen LogP contribution >= 0.6 is 0 Å². The van der Waals surface area contributed by atoms with Crippen LogP contribution in [0.1, 0.15) is 36.5 Å². The van der Waals surface area contributed by atoms with Crippen LogP contribution in [-0.2, 0) is 9.53 Å². The van der Waals surface area contributed by atoms with E-state index in [9.17, 15) is 9.59 Å². The van der Waals surface area contributed by atoms with Crippen LogP contribution in [-0.4, -0.2) is 56.2 Å². The number of ether oxygens (including phenoxy) is 2. The van der Waals surface area contributed by atoms with Crippen molar-refractivity contribution in [1.82, 2.24) is 4.90 Å². The van der Waals surface area contributed by atoms with Crippen molar-refractivity contribution < 1.29 is 19.1 Å². The fourth-order valence-corrected chi connectivity index (χ4v) is 3.42. The minimum Gasteiger partial charge on any atom is -0.491 e. The molecule has 0 unspecified atom stereocenters. The van der Waals surface area contributed by atoms with E-state index in [1.54, 1.807) is 24.3 Å². The van der Waals surface area contributed by atoms with Gasteiger partial charge in [-0.25, -0.2) is 0 Å². The number of nitrogens with one attached hydrogen (secondary N) is 2. The van der Waals surface area contributed by atoms with Crippen molar-refractivity contribution >= 4 is 23.2 Å². The molecule has 166 valence electrons. The Hall–Kier alpha value is -3.06. The Bertz CT molecular complexity index is 848. The van der Waals surface area contributed by atoms with Crippen molar-refractivity contribution in [2.24, 2.45) is 0 Å². The lowest BCUT2D eigenvalue weighted by Gasteiger charge is -2.26. The maximum absolute atomic E-state index is 12.5. The summed E-state index contributed by atoms with van der Waals surface area (Å²) in [5, 5.41) is 5.94. The fourth-order valence-electron chi connectivity index (χ4n) is 3.42.